The lowest BCUT2D eigenvalue weighted by Gasteiger charge is -2.14. The topological polar surface area (TPSA) is 56.0 Å². The number of nitriles is 1. The van der Waals surface area contributed by atoms with Gasteiger partial charge in [0.25, 0.3) is 0 Å². The molecule has 0 spiro atoms. The van der Waals surface area contributed by atoms with Gasteiger partial charge in [0.05, 0.1) is 16.8 Å². The Morgan fingerprint density at radius 1 is 1.26 bits per heavy atom. The Morgan fingerprint density at radius 2 is 2.00 bits per heavy atom. The van der Waals surface area contributed by atoms with Crippen LogP contribution in [0.3, 0.4) is 0 Å². The van der Waals surface area contributed by atoms with E-state index in [-0.39, 0.29) is 5.75 Å². The van der Waals surface area contributed by atoms with E-state index in [2.05, 4.69) is 5.32 Å². The summed E-state index contributed by atoms with van der Waals surface area (Å²) in [5.41, 5.74) is 0.902. The zero-order valence-electron chi connectivity index (χ0n) is 9.77. The van der Waals surface area contributed by atoms with Crippen LogP contribution in [-0.4, -0.2) is 5.11 Å². The highest BCUT2D eigenvalue weighted by atomic mass is 35.5. The second-order valence-corrected chi connectivity index (χ2v) is 4.34. The third-order valence-corrected chi connectivity index (χ3v) is 2.87. The summed E-state index contributed by atoms with van der Waals surface area (Å²) >= 11 is 5.98. The van der Waals surface area contributed by atoms with Crippen molar-refractivity contribution in [3.63, 3.8) is 0 Å². The maximum absolute atomic E-state index is 13.2. The van der Waals surface area contributed by atoms with Crippen molar-refractivity contribution >= 4 is 17.3 Å². The van der Waals surface area contributed by atoms with Gasteiger partial charge >= 0.3 is 0 Å². The molecule has 5 heteroatoms. The van der Waals surface area contributed by atoms with Gasteiger partial charge in [-0.3, -0.25) is 0 Å². The molecule has 2 N–H and O–H groups in total. The lowest BCUT2D eigenvalue weighted by atomic mass is 10.1. The summed E-state index contributed by atoms with van der Waals surface area (Å²) in [5.74, 6) is -0.826. The van der Waals surface area contributed by atoms with Crippen molar-refractivity contribution in [2.45, 2.75) is 6.04 Å². The molecule has 96 valence electrons. The fourth-order valence-corrected chi connectivity index (χ4v) is 1.88. The second-order valence-electron chi connectivity index (χ2n) is 3.93. The van der Waals surface area contributed by atoms with E-state index in [0.717, 1.165) is 6.07 Å². The Balaban J connectivity index is 2.31. The molecule has 2 aromatic carbocycles. The predicted molar refractivity (Wildman–Crippen MR) is 71.5 cm³/mol. The molecule has 0 amide bonds. The van der Waals surface area contributed by atoms with Crippen molar-refractivity contribution in [1.29, 1.82) is 5.26 Å². The molecule has 1 atom stereocenters. The molecule has 0 aliphatic carbocycles. The fraction of sp³-hybridized carbons (Fsp3) is 0.0714. The molecule has 0 saturated carbocycles. The van der Waals surface area contributed by atoms with Crippen LogP contribution in [0.5, 0.6) is 5.75 Å². The van der Waals surface area contributed by atoms with Gasteiger partial charge in [-0.05, 0) is 29.8 Å². The van der Waals surface area contributed by atoms with E-state index in [1.807, 2.05) is 6.07 Å². The second kappa shape index (κ2) is 5.59. The summed E-state index contributed by atoms with van der Waals surface area (Å²) in [4.78, 5) is 0. The van der Waals surface area contributed by atoms with Crippen molar-refractivity contribution in [1.82, 2.24) is 0 Å². The van der Waals surface area contributed by atoms with Crippen LogP contribution in [0, 0.1) is 17.1 Å². The molecule has 0 aromatic heterocycles. The maximum Gasteiger partial charge on any atom is 0.140 e. The molecular formula is C14H10ClFN2O. The van der Waals surface area contributed by atoms with Gasteiger partial charge in [0.15, 0.2) is 0 Å². The van der Waals surface area contributed by atoms with E-state index in [0.29, 0.717) is 16.3 Å². The number of halogens is 2. The van der Waals surface area contributed by atoms with Crippen LogP contribution in [0.25, 0.3) is 0 Å². The molecular weight excluding hydrogens is 267 g/mol. The van der Waals surface area contributed by atoms with E-state index >= 15 is 0 Å². The standard InChI is InChI=1S/C14H10ClFN2O/c15-12-3-1-2-4-13(12)18-14(8-17)9-5-10(16)7-11(19)6-9/h1-7,14,18-19H. The molecule has 0 fully saturated rings. The van der Waals surface area contributed by atoms with Crippen LogP contribution >= 0.6 is 11.6 Å². The summed E-state index contributed by atoms with van der Waals surface area (Å²) in [6.45, 7) is 0. The predicted octanol–water partition coefficient (Wildman–Crippen LogP) is 3.86. The van der Waals surface area contributed by atoms with E-state index in [9.17, 15) is 9.50 Å². The van der Waals surface area contributed by atoms with Gasteiger partial charge < -0.3 is 10.4 Å². The molecule has 2 rings (SSSR count). The molecule has 19 heavy (non-hydrogen) atoms. The van der Waals surface area contributed by atoms with Gasteiger partial charge in [-0.1, -0.05) is 23.7 Å². The van der Waals surface area contributed by atoms with E-state index in [1.54, 1.807) is 24.3 Å². The zero-order valence-corrected chi connectivity index (χ0v) is 10.5. The highest BCUT2D eigenvalue weighted by Crippen LogP contribution is 2.27. The SMILES string of the molecule is N#CC(Nc1ccccc1Cl)c1cc(O)cc(F)c1. The number of anilines is 1. The zero-order chi connectivity index (χ0) is 13.8. The summed E-state index contributed by atoms with van der Waals surface area (Å²) < 4.78 is 13.2. The minimum Gasteiger partial charge on any atom is -0.508 e. The number of nitrogens with zero attached hydrogens (tertiary/aromatic N) is 1. The van der Waals surface area contributed by atoms with Gasteiger partial charge in [0, 0.05) is 6.07 Å². The minimum atomic E-state index is -0.804. The Labute approximate surface area is 114 Å². The van der Waals surface area contributed by atoms with Gasteiger partial charge in [0.1, 0.15) is 17.6 Å². The third-order valence-electron chi connectivity index (χ3n) is 2.54. The molecule has 0 aliphatic rings. The van der Waals surface area contributed by atoms with Crippen molar-refractivity contribution in [3.8, 4) is 11.8 Å². The molecule has 0 aliphatic heterocycles. The van der Waals surface area contributed by atoms with Crippen LogP contribution in [0.2, 0.25) is 5.02 Å². The molecule has 3 nitrogen and oxygen atoms in total. The Hall–Kier alpha value is -2.25. The van der Waals surface area contributed by atoms with Crippen LogP contribution in [0.4, 0.5) is 10.1 Å². The van der Waals surface area contributed by atoms with Crippen LogP contribution in [-0.2, 0) is 0 Å². The molecule has 0 bridgehead atoms. The molecule has 2 aromatic rings. The molecule has 0 radical (unpaired) electrons. The number of hydrogen-bond donors (Lipinski definition) is 2. The van der Waals surface area contributed by atoms with Crippen LogP contribution in [0.1, 0.15) is 11.6 Å². The van der Waals surface area contributed by atoms with Crippen molar-refractivity contribution in [2.24, 2.45) is 0 Å². The monoisotopic (exact) mass is 276 g/mol. The first-order valence-corrected chi connectivity index (χ1v) is 5.88. The summed E-state index contributed by atoms with van der Waals surface area (Å²) in [5, 5.41) is 21.9. The van der Waals surface area contributed by atoms with Gasteiger partial charge in [-0.2, -0.15) is 5.26 Å². The normalized spacial score (nSPS) is 11.6. The van der Waals surface area contributed by atoms with Gasteiger partial charge in [-0.25, -0.2) is 4.39 Å². The Kier molecular flexibility index (Phi) is 3.88. The average molecular weight is 277 g/mol. The largest absolute Gasteiger partial charge is 0.508 e. The Morgan fingerprint density at radius 3 is 2.63 bits per heavy atom. The maximum atomic E-state index is 13.2. The molecule has 0 heterocycles. The number of para-hydroxylation sites is 1. The summed E-state index contributed by atoms with van der Waals surface area (Å²) in [6.07, 6.45) is 0. The van der Waals surface area contributed by atoms with Crippen molar-refractivity contribution in [3.05, 3.63) is 58.9 Å². The van der Waals surface area contributed by atoms with E-state index < -0.39 is 11.9 Å². The lowest BCUT2D eigenvalue weighted by Crippen LogP contribution is -2.09. The van der Waals surface area contributed by atoms with Crippen LogP contribution in [0.15, 0.2) is 42.5 Å². The smallest absolute Gasteiger partial charge is 0.140 e. The van der Waals surface area contributed by atoms with Crippen LogP contribution < -0.4 is 5.32 Å². The number of hydrogen-bond acceptors (Lipinski definition) is 3. The fourth-order valence-electron chi connectivity index (χ4n) is 1.69. The highest BCUT2D eigenvalue weighted by Gasteiger charge is 2.13. The van der Waals surface area contributed by atoms with E-state index in [4.69, 9.17) is 16.9 Å². The number of phenols is 1. The number of benzene rings is 2. The van der Waals surface area contributed by atoms with Crippen molar-refractivity contribution in [2.75, 3.05) is 5.32 Å². The lowest BCUT2D eigenvalue weighted by molar-refractivity contribution is 0.468. The number of nitrogens with one attached hydrogen (secondary N) is 1. The van der Waals surface area contributed by atoms with Gasteiger partial charge in [-0.15, -0.1) is 0 Å². The first-order valence-electron chi connectivity index (χ1n) is 5.50. The number of rotatable bonds is 3. The first-order chi connectivity index (χ1) is 9.10. The van der Waals surface area contributed by atoms with Crippen molar-refractivity contribution < 1.29 is 9.50 Å². The molecule has 0 saturated heterocycles. The first kappa shape index (κ1) is 13.2. The average Bonchev–Trinajstić information content (AvgIpc) is 2.36. The number of aromatic hydroxyl groups is 1. The van der Waals surface area contributed by atoms with E-state index in [1.165, 1.54) is 12.1 Å². The highest BCUT2D eigenvalue weighted by molar-refractivity contribution is 6.33. The molecule has 1 unspecified atom stereocenters. The number of phenolic OH excluding ortho intramolecular Hbond substituents is 1. The van der Waals surface area contributed by atoms with Gasteiger partial charge in [0.2, 0.25) is 0 Å². The summed E-state index contributed by atoms with van der Waals surface area (Å²) in [6, 6.07) is 11.6. The summed E-state index contributed by atoms with van der Waals surface area (Å²) in [7, 11) is 0. The minimum absolute atomic E-state index is 0.226. The third kappa shape index (κ3) is 3.15. The Bertz CT molecular complexity index is 619. The quantitative estimate of drug-likeness (QED) is 0.895.